The number of hydrogen-bond acceptors (Lipinski definition) is 6. The summed E-state index contributed by atoms with van der Waals surface area (Å²) in [6.07, 6.45) is -4.27. The van der Waals surface area contributed by atoms with Gasteiger partial charge in [-0.05, 0) is 41.8 Å². The molecule has 0 unspecified atom stereocenters. The van der Waals surface area contributed by atoms with Crippen LogP contribution in [0.25, 0.3) is 0 Å². The lowest BCUT2D eigenvalue weighted by molar-refractivity contribution is -0.143. The number of alkyl halides is 3. The van der Waals surface area contributed by atoms with E-state index < -0.39 is 59.2 Å². The molecule has 190 valence electrons. The fourth-order valence-electron chi connectivity index (χ4n) is 3.84. The molecule has 2 aromatic carbocycles. The average Bonchev–Trinajstić information content (AvgIpc) is 3.57. The van der Waals surface area contributed by atoms with E-state index >= 15 is 0 Å². The second-order valence-electron chi connectivity index (χ2n) is 8.20. The predicted molar refractivity (Wildman–Crippen MR) is 114 cm³/mol. The Morgan fingerprint density at radius 2 is 1.78 bits per heavy atom. The van der Waals surface area contributed by atoms with Crippen LogP contribution in [-0.4, -0.2) is 34.8 Å². The molecule has 1 heterocycles. The highest BCUT2D eigenvalue weighted by atomic mass is 19.4. The van der Waals surface area contributed by atoms with Crippen LogP contribution in [0, 0.1) is 17.6 Å². The van der Waals surface area contributed by atoms with Crippen molar-refractivity contribution in [3.8, 4) is 17.5 Å². The van der Waals surface area contributed by atoms with Gasteiger partial charge in [-0.1, -0.05) is 12.1 Å². The summed E-state index contributed by atoms with van der Waals surface area (Å²) in [5, 5.41) is 9.42. The van der Waals surface area contributed by atoms with Crippen molar-refractivity contribution in [1.82, 2.24) is 9.97 Å². The molecule has 0 spiro atoms. The Morgan fingerprint density at radius 3 is 2.33 bits per heavy atom. The van der Waals surface area contributed by atoms with Crippen LogP contribution in [0.4, 0.5) is 22.0 Å². The highest BCUT2D eigenvalue weighted by Crippen LogP contribution is 2.55. The van der Waals surface area contributed by atoms with Gasteiger partial charge in [0.1, 0.15) is 24.0 Å². The van der Waals surface area contributed by atoms with Crippen LogP contribution in [0.2, 0.25) is 0 Å². The Balaban J connectivity index is 1.55. The summed E-state index contributed by atoms with van der Waals surface area (Å²) in [5.41, 5.74) is -2.25. The van der Waals surface area contributed by atoms with Crippen LogP contribution in [0.5, 0.6) is 17.5 Å². The molecule has 0 bridgehead atoms. The Morgan fingerprint density at radius 1 is 1.11 bits per heavy atom. The molecule has 1 aliphatic carbocycles. The minimum absolute atomic E-state index is 0.0266. The van der Waals surface area contributed by atoms with Gasteiger partial charge in [0, 0.05) is 11.5 Å². The first kappa shape index (κ1) is 25.1. The van der Waals surface area contributed by atoms with Gasteiger partial charge in [-0.3, -0.25) is 4.79 Å². The second kappa shape index (κ2) is 9.59. The third kappa shape index (κ3) is 5.31. The number of halogens is 5. The lowest BCUT2D eigenvalue weighted by atomic mass is 9.93. The lowest BCUT2D eigenvalue weighted by Crippen LogP contribution is -2.25. The van der Waals surface area contributed by atoms with Gasteiger partial charge in [0.2, 0.25) is 0 Å². The molecule has 1 N–H and O–H groups in total. The number of hydrogen-bond donors (Lipinski definition) is 1. The molecule has 4 rings (SSSR count). The van der Waals surface area contributed by atoms with Gasteiger partial charge in [0.05, 0.1) is 25.8 Å². The van der Waals surface area contributed by atoms with Crippen LogP contribution in [0.3, 0.4) is 0 Å². The SMILES string of the molecule is COc1ccc(COc2ncc(OC[C@@]3(c4cc(F)cc(F)c4)C[C@H]3C(=O)O)c(C(F)(F)F)n2)cc1. The first-order valence-electron chi connectivity index (χ1n) is 10.5. The normalized spacial score (nSPS) is 19.0. The van der Waals surface area contributed by atoms with E-state index in [1.54, 1.807) is 24.3 Å². The highest BCUT2D eigenvalue weighted by molar-refractivity contribution is 5.77. The topological polar surface area (TPSA) is 90.8 Å². The molecular formula is C24H19F5N2O5. The third-order valence-electron chi connectivity index (χ3n) is 5.82. The molecule has 1 fully saturated rings. The smallest absolute Gasteiger partial charge is 0.437 e. The molecule has 3 aromatic rings. The van der Waals surface area contributed by atoms with Crippen molar-refractivity contribution in [2.75, 3.05) is 13.7 Å². The molecule has 2 atom stereocenters. The van der Waals surface area contributed by atoms with Gasteiger partial charge in [-0.2, -0.15) is 23.1 Å². The molecule has 1 aromatic heterocycles. The van der Waals surface area contributed by atoms with Crippen LogP contribution < -0.4 is 14.2 Å². The second-order valence-corrected chi connectivity index (χ2v) is 8.20. The number of aliphatic carboxylic acids is 1. The van der Waals surface area contributed by atoms with E-state index in [-0.39, 0.29) is 18.6 Å². The van der Waals surface area contributed by atoms with Gasteiger partial charge < -0.3 is 19.3 Å². The maximum atomic E-state index is 13.8. The largest absolute Gasteiger partial charge is 0.497 e. The van der Waals surface area contributed by atoms with Crippen molar-refractivity contribution in [2.24, 2.45) is 5.92 Å². The minimum Gasteiger partial charge on any atom is -0.497 e. The molecule has 7 nitrogen and oxygen atoms in total. The molecule has 36 heavy (non-hydrogen) atoms. The Bertz CT molecular complexity index is 1250. The minimum atomic E-state index is -4.95. The summed E-state index contributed by atoms with van der Waals surface area (Å²) in [7, 11) is 1.49. The van der Waals surface area contributed by atoms with Crippen molar-refractivity contribution in [2.45, 2.75) is 24.6 Å². The van der Waals surface area contributed by atoms with Crippen molar-refractivity contribution >= 4 is 5.97 Å². The summed E-state index contributed by atoms with van der Waals surface area (Å²) in [4.78, 5) is 18.7. The monoisotopic (exact) mass is 510 g/mol. The summed E-state index contributed by atoms with van der Waals surface area (Å²) < 4.78 is 84.3. The summed E-state index contributed by atoms with van der Waals surface area (Å²) in [6, 6.07) is 8.55. The Hall–Kier alpha value is -3.96. The van der Waals surface area contributed by atoms with Gasteiger partial charge in [-0.25, -0.2) is 8.78 Å². The maximum absolute atomic E-state index is 13.8. The van der Waals surface area contributed by atoms with Crippen molar-refractivity contribution < 1.29 is 46.1 Å². The zero-order valence-corrected chi connectivity index (χ0v) is 18.7. The quantitative estimate of drug-likeness (QED) is 0.414. The van der Waals surface area contributed by atoms with Crippen LogP contribution in [-0.2, 0) is 23.0 Å². The van der Waals surface area contributed by atoms with Crippen LogP contribution >= 0.6 is 0 Å². The van der Waals surface area contributed by atoms with Crippen molar-refractivity contribution in [1.29, 1.82) is 0 Å². The number of benzene rings is 2. The number of rotatable bonds is 9. The fraction of sp³-hybridized carbons (Fsp3) is 0.292. The van der Waals surface area contributed by atoms with Gasteiger partial charge in [-0.15, -0.1) is 0 Å². The van der Waals surface area contributed by atoms with E-state index in [4.69, 9.17) is 14.2 Å². The van der Waals surface area contributed by atoms with E-state index in [9.17, 15) is 31.9 Å². The standard InChI is InChI=1S/C24H19F5N2O5/c1-34-17-4-2-13(3-5-17)11-35-22-30-10-19(20(31-22)24(27,28)29)36-12-23(9-18(23)21(32)33)14-6-15(25)8-16(26)7-14/h2-8,10,18H,9,11-12H2,1H3,(H,32,33)/t18-,23+/m0/s1. The number of aromatic nitrogens is 2. The van der Waals surface area contributed by atoms with E-state index in [0.29, 0.717) is 17.4 Å². The molecule has 0 saturated heterocycles. The first-order valence-corrected chi connectivity index (χ1v) is 10.5. The molecule has 1 saturated carbocycles. The number of carboxylic acids is 1. The molecular weight excluding hydrogens is 491 g/mol. The first-order chi connectivity index (χ1) is 17.0. The summed E-state index contributed by atoms with van der Waals surface area (Å²) >= 11 is 0. The number of carboxylic acid groups (broad SMARTS) is 1. The zero-order valence-electron chi connectivity index (χ0n) is 18.7. The molecule has 0 amide bonds. The Kier molecular flexibility index (Phi) is 6.70. The number of carbonyl (C=O) groups is 1. The van der Waals surface area contributed by atoms with E-state index in [1.165, 1.54) is 7.11 Å². The van der Waals surface area contributed by atoms with Gasteiger partial charge in [0.15, 0.2) is 11.4 Å². The molecule has 0 radical (unpaired) electrons. The predicted octanol–water partition coefficient (Wildman–Crippen LogP) is 4.78. The number of nitrogens with zero attached hydrogens (tertiary/aromatic N) is 2. The van der Waals surface area contributed by atoms with E-state index in [0.717, 1.165) is 18.3 Å². The maximum Gasteiger partial charge on any atom is 0.437 e. The van der Waals surface area contributed by atoms with Crippen molar-refractivity contribution in [3.05, 3.63) is 77.1 Å². The molecule has 1 aliphatic rings. The molecule has 12 heteroatoms. The summed E-state index contributed by atoms with van der Waals surface area (Å²) in [5.74, 6) is -4.43. The van der Waals surface area contributed by atoms with E-state index in [1.807, 2.05) is 0 Å². The Labute approximate surface area is 201 Å². The van der Waals surface area contributed by atoms with Crippen LogP contribution in [0.1, 0.15) is 23.2 Å². The van der Waals surface area contributed by atoms with Gasteiger partial charge in [0.25, 0.3) is 0 Å². The van der Waals surface area contributed by atoms with Crippen molar-refractivity contribution in [3.63, 3.8) is 0 Å². The van der Waals surface area contributed by atoms with Gasteiger partial charge >= 0.3 is 18.2 Å². The number of ether oxygens (including phenoxy) is 3. The number of methoxy groups -OCH3 is 1. The van der Waals surface area contributed by atoms with E-state index in [2.05, 4.69) is 9.97 Å². The summed E-state index contributed by atoms with van der Waals surface area (Å²) in [6.45, 7) is -0.707. The third-order valence-corrected chi connectivity index (χ3v) is 5.82. The fourth-order valence-corrected chi connectivity index (χ4v) is 3.84. The lowest BCUT2D eigenvalue weighted by Gasteiger charge is -2.20. The zero-order chi connectivity index (χ0) is 26.1. The molecule has 0 aliphatic heterocycles. The highest BCUT2D eigenvalue weighted by Gasteiger charge is 2.61. The van der Waals surface area contributed by atoms with Crippen LogP contribution in [0.15, 0.2) is 48.7 Å². The average molecular weight is 510 g/mol.